The second kappa shape index (κ2) is 6.06. The molecule has 0 bridgehead atoms. The summed E-state index contributed by atoms with van der Waals surface area (Å²) in [4.78, 5) is 11.4. The van der Waals surface area contributed by atoms with E-state index in [1.807, 2.05) is 13.1 Å². The molecule has 20 heavy (non-hydrogen) atoms. The second-order valence-corrected chi connectivity index (χ2v) is 6.13. The number of hydrogen-bond donors (Lipinski definition) is 1. The van der Waals surface area contributed by atoms with Gasteiger partial charge in [0.05, 0.1) is 11.7 Å². The molecule has 1 fully saturated rings. The van der Waals surface area contributed by atoms with E-state index in [0.717, 1.165) is 43.4 Å². The van der Waals surface area contributed by atoms with Gasteiger partial charge in [0.15, 0.2) is 0 Å². The molecule has 0 spiro atoms. The van der Waals surface area contributed by atoms with Crippen molar-refractivity contribution in [1.29, 1.82) is 0 Å². The fourth-order valence-corrected chi connectivity index (χ4v) is 2.67. The third kappa shape index (κ3) is 3.67. The lowest BCUT2D eigenvalue weighted by Gasteiger charge is -2.41. The number of aromatic nitrogens is 2. The fraction of sp³-hybridized carbons (Fsp3) is 0.733. The van der Waals surface area contributed by atoms with E-state index in [9.17, 15) is 0 Å². The van der Waals surface area contributed by atoms with E-state index >= 15 is 0 Å². The second-order valence-electron chi connectivity index (χ2n) is 6.13. The largest absolute Gasteiger partial charge is 0.369 e. The molecule has 0 saturated carbocycles. The van der Waals surface area contributed by atoms with E-state index < -0.39 is 0 Å². The van der Waals surface area contributed by atoms with Gasteiger partial charge in [-0.2, -0.15) is 0 Å². The number of morpholine rings is 1. The van der Waals surface area contributed by atoms with Gasteiger partial charge in [0.25, 0.3) is 0 Å². The molecule has 0 amide bonds. The SMILES string of the molecule is CCNCc1cnc(N2CC(C)OC(C)(C)C2)nc1C. The van der Waals surface area contributed by atoms with Crippen LogP contribution in [-0.2, 0) is 11.3 Å². The van der Waals surface area contributed by atoms with Crippen LogP contribution in [0.5, 0.6) is 0 Å². The molecule has 0 aliphatic carbocycles. The average molecular weight is 278 g/mol. The highest BCUT2D eigenvalue weighted by atomic mass is 16.5. The average Bonchev–Trinajstić information content (AvgIpc) is 2.35. The van der Waals surface area contributed by atoms with Crippen LogP contribution in [0.3, 0.4) is 0 Å². The Morgan fingerprint density at radius 1 is 1.50 bits per heavy atom. The van der Waals surface area contributed by atoms with Gasteiger partial charge >= 0.3 is 0 Å². The Kier molecular flexibility index (Phi) is 4.60. The molecule has 0 aromatic carbocycles. The molecule has 1 aliphatic heterocycles. The fourth-order valence-electron chi connectivity index (χ4n) is 2.67. The molecule has 112 valence electrons. The van der Waals surface area contributed by atoms with Gasteiger partial charge in [-0.3, -0.25) is 0 Å². The topological polar surface area (TPSA) is 50.3 Å². The van der Waals surface area contributed by atoms with Crippen molar-refractivity contribution >= 4 is 5.95 Å². The lowest BCUT2D eigenvalue weighted by atomic mass is 10.1. The molecule has 1 N–H and O–H groups in total. The van der Waals surface area contributed by atoms with Gasteiger partial charge < -0.3 is 15.0 Å². The third-order valence-electron chi connectivity index (χ3n) is 3.49. The van der Waals surface area contributed by atoms with E-state index in [1.54, 1.807) is 0 Å². The van der Waals surface area contributed by atoms with Crippen LogP contribution in [0.4, 0.5) is 5.95 Å². The Balaban J connectivity index is 2.14. The van der Waals surface area contributed by atoms with Crippen molar-refractivity contribution < 1.29 is 4.74 Å². The minimum absolute atomic E-state index is 0.155. The minimum atomic E-state index is -0.155. The van der Waals surface area contributed by atoms with E-state index in [0.29, 0.717) is 0 Å². The maximum Gasteiger partial charge on any atom is 0.225 e. The van der Waals surface area contributed by atoms with Crippen LogP contribution < -0.4 is 10.2 Å². The third-order valence-corrected chi connectivity index (χ3v) is 3.49. The molecule has 2 rings (SSSR count). The maximum atomic E-state index is 5.93. The number of hydrogen-bond acceptors (Lipinski definition) is 5. The summed E-state index contributed by atoms with van der Waals surface area (Å²) >= 11 is 0. The standard InChI is InChI=1S/C15H26N4O/c1-6-16-7-13-8-17-14(18-12(13)3)19-9-11(2)20-15(4,5)10-19/h8,11,16H,6-7,9-10H2,1-5H3. The summed E-state index contributed by atoms with van der Waals surface area (Å²) in [7, 11) is 0. The summed E-state index contributed by atoms with van der Waals surface area (Å²) in [5.74, 6) is 0.811. The lowest BCUT2D eigenvalue weighted by Crippen LogP contribution is -2.52. The first kappa shape index (κ1) is 15.2. The predicted molar refractivity (Wildman–Crippen MR) is 81.0 cm³/mol. The van der Waals surface area contributed by atoms with E-state index in [4.69, 9.17) is 4.74 Å². The van der Waals surface area contributed by atoms with Crippen LogP contribution in [0.2, 0.25) is 0 Å². The molecule has 1 unspecified atom stereocenters. The first-order chi connectivity index (χ1) is 9.41. The van der Waals surface area contributed by atoms with E-state index in [2.05, 4.69) is 47.9 Å². The number of anilines is 1. The summed E-state index contributed by atoms with van der Waals surface area (Å²) < 4.78 is 5.93. The molecule has 1 atom stereocenters. The monoisotopic (exact) mass is 278 g/mol. The van der Waals surface area contributed by atoms with Gasteiger partial charge in [-0.05, 0) is 34.2 Å². The van der Waals surface area contributed by atoms with Crippen molar-refractivity contribution in [3.05, 3.63) is 17.5 Å². The van der Waals surface area contributed by atoms with Gasteiger partial charge in [0.2, 0.25) is 5.95 Å². The number of rotatable bonds is 4. The minimum Gasteiger partial charge on any atom is -0.369 e. The first-order valence-electron chi connectivity index (χ1n) is 7.37. The van der Waals surface area contributed by atoms with Crippen molar-refractivity contribution in [1.82, 2.24) is 15.3 Å². The van der Waals surface area contributed by atoms with Gasteiger partial charge in [0, 0.05) is 37.1 Å². The van der Waals surface area contributed by atoms with Crippen LogP contribution in [0.15, 0.2) is 6.20 Å². The van der Waals surface area contributed by atoms with Gasteiger partial charge in [-0.1, -0.05) is 6.92 Å². The maximum absolute atomic E-state index is 5.93. The highest BCUT2D eigenvalue weighted by Crippen LogP contribution is 2.24. The highest BCUT2D eigenvalue weighted by molar-refractivity contribution is 5.34. The van der Waals surface area contributed by atoms with Crippen molar-refractivity contribution in [2.45, 2.75) is 52.9 Å². The van der Waals surface area contributed by atoms with Crippen molar-refractivity contribution in [2.75, 3.05) is 24.5 Å². The zero-order chi connectivity index (χ0) is 14.8. The number of aryl methyl sites for hydroxylation is 1. The molecule has 1 aromatic heterocycles. The zero-order valence-electron chi connectivity index (χ0n) is 13.2. The summed E-state index contributed by atoms with van der Waals surface area (Å²) in [6.45, 7) is 13.9. The van der Waals surface area contributed by atoms with Gasteiger partial charge in [-0.25, -0.2) is 9.97 Å². The Labute approximate surface area is 121 Å². The zero-order valence-corrected chi connectivity index (χ0v) is 13.2. The Bertz CT molecular complexity index is 461. The van der Waals surface area contributed by atoms with Gasteiger partial charge in [-0.15, -0.1) is 0 Å². The van der Waals surface area contributed by atoms with Crippen LogP contribution >= 0.6 is 0 Å². The smallest absolute Gasteiger partial charge is 0.225 e. The Hall–Kier alpha value is -1.20. The molecule has 1 saturated heterocycles. The Morgan fingerprint density at radius 3 is 2.85 bits per heavy atom. The normalized spacial score (nSPS) is 22.1. The summed E-state index contributed by atoms with van der Waals surface area (Å²) in [6.07, 6.45) is 2.14. The molecule has 1 aromatic rings. The molecule has 2 heterocycles. The van der Waals surface area contributed by atoms with Crippen LogP contribution in [0.1, 0.15) is 39.0 Å². The molecule has 5 nitrogen and oxygen atoms in total. The molecule has 1 aliphatic rings. The molecule has 0 radical (unpaired) electrons. The van der Waals surface area contributed by atoms with Crippen LogP contribution in [-0.4, -0.2) is 41.3 Å². The van der Waals surface area contributed by atoms with Crippen molar-refractivity contribution in [3.8, 4) is 0 Å². The van der Waals surface area contributed by atoms with Crippen molar-refractivity contribution in [3.63, 3.8) is 0 Å². The van der Waals surface area contributed by atoms with E-state index in [1.165, 1.54) is 0 Å². The molecule has 5 heteroatoms. The predicted octanol–water partition coefficient (Wildman–Crippen LogP) is 1.90. The number of nitrogens with one attached hydrogen (secondary N) is 1. The summed E-state index contributed by atoms with van der Waals surface area (Å²) in [5.41, 5.74) is 2.06. The number of ether oxygens (including phenoxy) is 1. The van der Waals surface area contributed by atoms with E-state index in [-0.39, 0.29) is 11.7 Å². The number of nitrogens with zero attached hydrogens (tertiary/aromatic N) is 3. The first-order valence-corrected chi connectivity index (χ1v) is 7.37. The summed E-state index contributed by atoms with van der Waals surface area (Å²) in [5, 5.41) is 3.31. The van der Waals surface area contributed by atoms with Crippen LogP contribution in [0.25, 0.3) is 0 Å². The van der Waals surface area contributed by atoms with Crippen LogP contribution in [0, 0.1) is 6.92 Å². The van der Waals surface area contributed by atoms with Gasteiger partial charge in [0.1, 0.15) is 0 Å². The Morgan fingerprint density at radius 2 is 2.25 bits per heavy atom. The lowest BCUT2D eigenvalue weighted by molar-refractivity contribution is -0.0753. The van der Waals surface area contributed by atoms with Crippen molar-refractivity contribution in [2.24, 2.45) is 0 Å². The summed E-state index contributed by atoms with van der Waals surface area (Å²) in [6, 6.07) is 0. The highest BCUT2D eigenvalue weighted by Gasteiger charge is 2.32. The molecular formula is C15H26N4O. The quantitative estimate of drug-likeness (QED) is 0.911. The molecular weight excluding hydrogens is 252 g/mol.